The van der Waals surface area contributed by atoms with E-state index in [-0.39, 0.29) is 0 Å². The SMILES string of the molecule is COc1ccc(N2CC(C)CC(C)C2)cc1. The third-order valence-corrected chi connectivity index (χ3v) is 3.31. The number of ether oxygens (including phenoxy) is 1. The third-order valence-electron chi connectivity index (χ3n) is 3.31. The molecular weight excluding hydrogens is 198 g/mol. The Kier molecular flexibility index (Phi) is 3.37. The predicted octanol–water partition coefficient (Wildman–Crippen LogP) is 3.18. The zero-order valence-electron chi connectivity index (χ0n) is 10.4. The van der Waals surface area contributed by atoms with Crippen molar-refractivity contribution in [2.75, 3.05) is 25.1 Å². The topological polar surface area (TPSA) is 12.5 Å². The first-order valence-electron chi connectivity index (χ1n) is 6.08. The summed E-state index contributed by atoms with van der Waals surface area (Å²) in [6.45, 7) is 7.03. The Hall–Kier alpha value is -1.18. The molecule has 0 N–H and O–H groups in total. The van der Waals surface area contributed by atoms with Gasteiger partial charge in [0.05, 0.1) is 7.11 Å². The largest absolute Gasteiger partial charge is 0.497 e. The number of nitrogens with zero attached hydrogens (tertiary/aromatic N) is 1. The number of piperidine rings is 1. The van der Waals surface area contributed by atoms with Crippen LogP contribution in [0, 0.1) is 11.8 Å². The average Bonchev–Trinajstić information content (AvgIpc) is 2.28. The molecule has 1 aromatic rings. The standard InChI is InChI=1S/C14H21NO/c1-11-8-12(2)10-15(9-11)13-4-6-14(16-3)7-5-13/h4-7,11-12H,8-10H2,1-3H3. The molecule has 0 aliphatic carbocycles. The molecule has 0 saturated carbocycles. The molecule has 1 fully saturated rings. The molecule has 16 heavy (non-hydrogen) atoms. The molecule has 1 aromatic carbocycles. The van der Waals surface area contributed by atoms with Crippen molar-refractivity contribution >= 4 is 5.69 Å². The maximum Gasteiger partial charge on any atom is 0.119 e. The van der Waals surface area contributed by atoms with Crippen molar-refractivity contribution in [2.45, 2.75) is 20.3 Å². The van der Waals surface area contributed by atoms with Gasteiger partial charge in [-0.2, -0.15) is 0 Å². The minimum absolute atomic E-state index is 0.797. The fourth-order valence-electron chi connectivity index (χ4n) is 2.67. The second-order valence-corrected chi connectivity index (χ2v) is 5.05. The predicted molar refractivity (Wildman–Crippen MR) is 68.2 cm³/mol. The molecule has 2 rings (SSSR count). The van der Waals surface area contributed by atoms with Gasteiger partial charge in [0.15, 0.2) is 0 Å². The van der Waals surface area contributed by atoms with Crippen LogP contribution in [0.3, 0.4) is 0 Å². The van der Waals surface area contributed by atoms with E-state index >= 15 is 0 Å². The summed E-state index contributed by atoms with van der Waals surface area (Å²) in [6, 6.07) is 8.39. The fourth-order valence-corrected chi connectivity index (χ4v) is 2.67. The minimum Gasteiger partial charge on any atom is -0.497 e. The Balaban J connectivity index is 2.10. The van der Waals surface area contributed by atoms with Crippen molar-refractivity contribution in [3.63, 3.8) is 0 Å². The van der Waals surface area contributed by atoms with E-state index in [0.29, 0.717) is 0 Å². The quantitative estimate of drug-likeness (QED) is 0.757. The Morgan fingerprint density at radius 2 is 1.62 bits per heavy atom. The number of hydrogen-bond donors (Lipinski definition) is 0. The molecule has 1 aliphatic rings. The van der Waals surface area contributed by atoms with Crippen LogP contribution in [0.1, 0.15) is 20.3 Å². The van der Waals surface area contributed by atoms with Gasteiger partial charge in [0.25, 0.3) is 0 Å². The molecule has 2 unspecified atom stereocenters. The zero-order chi connectivity index (χ0) is 11.5. The van der Waals surface area contributed by atoms with Gasteiger partial charge in [-0.3, -0.25) is 0 Å². The van der Waals surface area contributed by atoms with Crippen LogP contribution in [-0.2, 0) is 0 Å². The number of anilines is 1. The van der Waals surface area contributed by atoms with Crippen LogP contribution in [0.25, 0.3) is 0 Å². The highest BCUT2D eigenvalue weighted by atomic mass is 16.5. The Bertz CT molecular complexity index is 323. The summed E-state index contributed by atoms with van der Waals surface area (Å²) in [5.74, 6) is 2.53. The van der Waals surface area contributed by atoms with Gasteiger partial charge in [-0.05, 0) is 42.5 Å². The molecule has 1 saturated heterocycles. The number of rotatable bonds is 2. The van der Waals surface area contributed by atoms with Crippen molar-refractivity contribution in [3.05, 3.63) is 24.3 Å². The van der Waals surface area contributed by atoms with Crippen LogP contribution in [0.5, 0.6) is 5.75 Å². The Morgan fingerprint density at radius 1 is 1.06 bits per heavy atom. The Morgan fingerprint density at radius 3 is 2.12 bits per heavy atom. The number of benzene rings is 1. The van der Waals surface area contributed by atoms with Crippen molar-refractivity contribution in [2.24, 2.45) is 11.8 Å². The smallest absolute Gasteiger partial charge is 0.119 e. The van der Waals surface area contributed by atoms with E-state index in [9.17, 15) is 0 Å². The first kappa shape index (κ1) is 11.3. The molecule has 2 nitrogen and oxygen atoms in total. The molecule has 2 atom stereocenters. The second kappa shape index (κ2) is 4.77. The summed E-state index contributed by atoms with van der Waals surface area (Å²) in [4.78, 5) is 2.48. The zero-order valence-corrected chi connectivity index (χ0v) is 10.4. The molecular formula is C14H21NO. The summed E-state index contributed by atoms with van der Waals surface area (Å²) >= 11 is 0. The summed E-state index contributed by atoms with van der Waals surface area (Å²) in [5, 5.41) is 0. The number of methoxy groups -OCH3 is 1. The normalized spacial score (nSPS) is 25.6. The highest BCUT2D eigenvalue weighted by Crippen LogP contribution is 2.27. The van der Waals surface area contributed by atoms with Crippen LogP contribution < -0.4 is 9.64 Å². The monoisotopic (exact) mass is 219 g/mol. The minimum atomic E-state index is 0.797. The van der Waals surface area contributed by atoms with Crippen LogP contribution in [0.2, 0.25) is 0 Å². The molecule has 1 aliphatic heterocycles. The van der Waals surface area contributed by atoms with Crippen LogP contribution in [0.15, 0.2) is 24.3 Å². The average molecular weight is 219 g/mol. The van der Waals surface area contributed by atoms with Gasteiger partial charge in [-0.1, -0.05) is 13.8 Å². The van der Waals surface area contributed by atoms with Gasteiger partial charge in [0, 0.05) is 18.8 Å². The van der Waals surface area contributed by atoms with Gasteiger partial charge in [-0.15, -0.1) is 0 Å². The maximum atomic E-state index is 5.18. The number of hydrogen-bond acceptors (Lipinski definition) is 2. The van der Waals surface area contributed by atoms with Gasteiger partial charge in [0.1, 0.15) is 5.75 Å². The highest BCUT2D eigenvalue weighted by molar-refractivity contribution is 5.49. The van der Waals surface area contributed by atoms with Crippen molar-refractivity contribution in [1.82, 2.24) is 0 Å². The third kappa shape index (κ3) is 2.49. The van der Waals surface area contributed by atoms with Crippen molar-refractivity contribution in [3.8, 4) is 5.75 Å². The summed E-state index contributed by atoms with van der Waals surface area (Å²) < 4.78 is 5.18. The van der Waals surface area contributed by atoms with E-state index in [2.05, 4.69) is 30.9 Å². The highest BCUT2D eigenvalue weighted by Gasteiger charge is 2.21. The first-order chi connectivity index (χ1) is 7.69. The van der Waals surface area contributed by atoms with E-state index in [0.717, 1.165) is 17.6 Å². The molecule has 0 radical (unpaired) electrons. The van der Waals surface area contributed by atoms with E-state index in [1.165, 1.54) is 25.2 Å². The maximum absolute atomic E-state index is 5.18. The van der Waals surface area contributed by atoms with Crippen molar-refractivity contribution < 1.29 is 4.74 Å². The first-order valence-corrected chi connectivity index (χ1v) is 6.08. The molecule has 0 aromatic heterocycles. The van der Waals surface area contributed by atoms with Crippen LogP contribution >= 0.6 is 0 Å². The van der Waals surface area contributed by atoms with Crippen LogP contribution in [-0.4, -0.2) is 20.2 Å². The molecule has 0 spiro atoms. The second-order valence-electron chi connectivity index (χ2n) is 5.05. The lowest BCUT2D eigenvalue weighted by molar-refractivity contribution is 0.356. The molecule has 2 heteroatoms. The summed E-state index contributed by atoms with van der Waals surface area (Å²) in [6.07, 6.45) is 1.35. The Labute approximate surface area is 98.2 Å². The fraction of sp³-hybridized carbons (Fsp3) is 0.571. The molecule has 88 valence electrons. The van der Waals surface area contributed by atoms with E-state index in [1.54, 1.807) is 7.11 Å². The summed E-state index contributed by atoms with van der Waals surface area (Å²) in [7, 11) is 1.71. The molecule has 1 heterocycles. The van der Waals surface area contributed by atoms with Gasteiger partial charge >= 0.3 is 0 Å². The van der Waals surface area contributed by atoms with Crippen molar-refractivity contribution in [1.29, 1.82) is 0 Å². The van der Waals surface area contributed by atoms with E-state index in [4.69, 9.17) is 4.74 Å². The van der Waals surface area contributed by atoms with Gasteiger partial charge in [-0.25, -0.2) is 0 Å². The lowest BCUT2D eigenvalue weighted by Gasteiger charge is -2.36. The lowest BCUT2D eigenvalue weighted by Crippen LogP contribution is -2.38. The molecule has 0 bridgehead atoms. The molecule has 0 amide bonds. The van der Waals surface area contributed by atoms with Crippen LogP contribution in [0.4, 0.5) is 5.69 Å². The lowest BCUT2D eigenvalue weighted by atomic mass is 9.91. The van der Waals surface area contributed by atoms with Gasteiger partial charge < -0.3 is 9.64 Å². The van der Waals surface area contributed by atoms with E-state index in [1.807, 2.05) is 12.1 Å². The summed E-state index contributed by atoms with van der Waals surface area (Å²) in [5.41, 5.74) is 1.32. The van der Waals surface area contributed by atoms with Gasteiger partial charge in [0.2, 0.25) is 0 Å². The van der Waals surface area contributed by atoms with E-state index < -0.39 is 0 Å².